The van der Waals surface area contributed by atoms with Crippen LogP contribution in [0.2, 0.25) is 0 Å². The molecule has 0 saturated carbocycles. The molecule has 1 aromatic carbocycles. The van der Waals surface area contributed by atoms with Gasteiger partial charge in [0.15, 0.2) is 11.5 Å². The molecule has 1 aliphatic rings. The lowest BCUT2D eigenvalue weighted by atomic mass is 10.1. The van der Waals surface area contributed by atoms with Gasteiger partial charge in [0.25, 0.3) is 5.91 Å². The van der Waals surface area contributed by atoms with Gasteiger partial charge in [-0.3, -0.25) is 4.79 Å². The highest BCUT2D eigenvalue weighted by Gasteiger charge is 2.18. The van der Waals surface area contributed by atoms with Gasteiger partial charge in [-0.05, 0) is 56.7 Å². The fraction of sp³-hybridized carbons (Fsp3) is 0.353. The van der Waals surface area contributed by atoms with Crippen molar-refractivity contribution in [1.29, 1.82) is 0 Å². The fourth-order valence-corrected chi connectivity index (χ4v) is 3.11. The normalized spacial score (nSPS) is 13.8. The number of hydrogen-bond acceptors (Lipinski definition) is 4. The molecule has 5 heteroatoms. The Morgan fingerprint density at radius 1 is 1.09 bits per heavy atom. The van der Waals surface area contributed by atoms with Gasteiger partial charge < -0.3 is 14.8 Å². The molecule has 4 nitrogen and oxygen atoms in total. The van der Waals surface area contributed by atoms with Crippen molar-refractivity contribution in [3.05, 3.63) is 35.2 Å². The molecule has 2 aromatic rings. The molecule has 0 radical (unpaired) electrons. The summed E-state index contributed by atoms with van der Waals surface area (Å²) in [6, 6.07) is 9.69. The zero-order valence-electron chi connectivity index (χ0n) is 12.9. The van der Waals surface area contributed by atoms with Crippen molar-refractivity contribution in [3.8, 4) is 21.9 Å². The highest BCUT2D eigenvalue weighted by atomic mass is 32.1. The van der Waals surface area contributed by atoms with Crippen LogP contribution in [0.25, 0.3) is 10.4 Å². The average Bonchev–Trinajstić information content (AvgIpc) is 2.95. The molecular weight excluding hydrogens is 298 g/mol. The topological polar surface area (TPSA) is 47.6 Å². The monoisotopic (exact) mass is 317 g/mol. The summed E-state index contributed by atoms with van der Waals surface area (Å²) in [5.41, 5.74) is 0.794. The largest absolute Gasteiger partial charge is 0.486 e. The molecule has 3 rings (SSSR count). The van der Waals surface area contributed by atoms with Crippen LogP contribution in [0.15, 0.2) is 30.3 Å². The summed E-state index contributed by atoms with van der Waals surface area (Å²) in [5, 5.41) is 2.98. The number of carbonyl (C=O) groups excluding carboxylic acids is 1. The summed E-state index contributed by atoms with van der Waals surface area (Å²) in [4.78, 5) is 13.9. The van der Waals surface area contributed by atoms with E-state index in [-0.39, 0.29) is 11.4 Å². The third kappa shape index (κ3) is 3.25. The summed E-state index contributed by atoms with van der Waals surface area (Å²) in [7, 11) is 0. The smallest absolute Gasteiger partial charge is 0.261 e. The number of carbonyl (C=O) groups is 1. The highest BCUT2D eigenvalue weighted by molar-refractivity contribution is 7.17. The van der Waals surface area contributed by atoms with Crippen molar-refractivity contribution in [3.63, 3.8) is 0 Å². The molecule has 0 spiro atoms. The van der Waals surface area contributed by atoms with Crippen molar-refractivity contribution in [2.24, 2.45) is 0 Å². The summed E-state index contributed by atoms with van der Waals surface area (Å²) in [6.45, 7) is 7.07. The maximum absolute atomic E-state index is 12.2. The number of nitrogens with one attached hydrogen (secondary N) is 1. The number of thiophene rings is 1. The van der Waals surface area contributed by atoms with E-state index in [0.717, 1.165) is 21.9 Å². The number of amides is 1. The number of hydrogen-bond donors (Lipinski definition) is 1. The quantitative estimate of drug-likeness (QED) is 0.918. The van der Waals surface area contributed by atoms with Gasteiger partial charge in [-0.2, -0.15) is 0 Å². The molecule has 0 saturated heterocycles. The Bertz CT molecular complexity index is 700. The van der Waals surface area contributed by atoms with E-state index in [1.807, 2.05) is 51.1 Å². The molecular formula is C17H19NO3S. The molecule has 1 aliphatic heterocycles. The van der Waals surface area contributed by atoms with Crippen LogP contribution in [0.1, 0.15) is 30.4 Å². The van der Waals surface area contributed by atoms with Crippen LogP contribution in [0.5, 0.6) is 11.5 Å². The number of fused-ring (bicyclic) bond motifs is 1. The zero-order valence-corrected chi connectivity index (χ0v) is 13.8. The predicted octanol–water partition coefficient (Wildman–Crippen LogP) is 3.71. The van der Waals surface area contributed by atoms with Crippen molar-refractivity contribution < 1.29 is 14.3 Å². The first-order valence-electron chi connectivity index (χ1n) is 7.25. The van der Waals surface area contributed by atoms with Gasteiger partial charge in [0.05, 0.1) is 4.88 Å². The molecule has 0 unspecified atom stereocenters. The first-order valence-corrected chi connectivity index (χ1v) is 8.06. The van der Waals surface area contributed by atoms with Crippen LogP contribution in [-0.2, 0) is 0 Å². The summed E-state index contributed by atoms with van der Waals surface area (Å²) < 4.78 is 11.1. The summed E-state index contributed by atoms with van der Waals surface area (Å²) in [6.07, 6.45) is 0. The molecule has 1 aromatic heterocycles. The average molecular weight is 317 g/mol. The van der Waals surface area contributed by atoms with Crippen molar-refractivity contribution in [2.45, 2.75) is 26.3 Å². The Morgan fingerprint density at radius 3 is 2.55 bits per heavy atom. The van der Waals surface area contributed by atoms with E-state index in [1.165, 1.54) is 11.3 Å². The highest BCUT2D eigenvalue weighted by Crippen LogP contribution is 2.36. The molecule has 22 heavy (non-hydrogen) atoms. The molecule has 2 heterocycles. The fourth-order valence-electron chi connectivity index (χ4n) is 2.21. The molecule has 0 atom stereocenters. The molecule has 0 bridgehead atoms. The van der Waals surface area contributed by atoms with Crippen molar-refractivity contribution in [2.75, 3.05) is 13.2 Å². The maximum Gasteiger partial charge on any atom is 0.261 e. The molecule has 116 valence electrons. The Hall–Kier alpha value is -2.01. The standard InChI is InChI=1S/C17H19NO3S/c1-17(2,3)18-16(19)15-7-6-14(22-15)11-4-5-12-13(10-11)21-9-8-20-12/h4-7,10H,8-9H2,1-3H3,(H,18,19). The van der Waals surface area contributed by atoms with Crippen molar-refractivity contribution >= 4 is 17.2 Å². The third-order valence-corrected chi connectivity index (χ3v) is 4.28. The minimum absolute atomic E-state index is 0.0405. The number of ether oxygens (including phenoxy) is 2. The maximum atomic E-state index is 12.2. The Labute approximate surface area is 134 Å². The lowest BCUT2D eigenvalue weighted by Gasteiger charge is -2.19. The van der Waals surface area contributed by atoms with E-state index >= 15 is 0 Å². The Balaban J connectivity index is 1.83. The van der Waals surface area contributed by atoms with Crippen LogP contribution >= 0.6 is 11.3 Å². The lowest BCUT2D eigenvalue weighted by molar-refractivity contribution is 0.0924. The Kier molecular flexibility index (Phi) is 3.83. The second-order valence-corrected chi connectivity index (χ2v) is 7.31. The van der Waals surface area contributed by atoms with E-state index in [1.54, 1.807) is 0 Å². The van der Waals surface area contributed by atoms with Gasteiger partial charge in [0, 0.05) is 10.4 Å². The van der Waals surface area contributed by atoms with E-state index < -0.39 is 0 Å². The van der Waals surface area contributed by atoms with Crippen LogP contribution in [-0.4, -0.2) is 24.7 Å². The van der Waals surface area contributed by atoms with Crippen LogP contribution in [0.4, 0.5) is 0 Å². The minimum atomic E-state index is -0.238. The second-order valence-electron chi connectivity index (χ2n) is 6.23. The lowest BCUT2D eigenvalue weighted by Crippen LogP contribution is -2.40. The summed E-state index contributed by atoms with van der Waals surface area (Å²) in [5.74, 6) is 1.50. The SMILES string of the molecule is CC(C)(C)NC(=O)c1ccc(-c2ccc3c(c2)OCCO3)s1. The van der Waals surface area contributed by atoms with Crippen LogP contribution in [0, 0.1) is 0 Å². The molecule has 1 amide bonds. The van der Waals surface area contributed by atoms with Gasteiger partial charge in [0.1, 0.15) is 13.2 Å². The summed E-state index contributed by atoms with van der Waals surface area (Å²) >= 11 is 1.48. The number of rotatable bonds is 2. The van der Waals surface area contributed by atoms with Crippen LogP contribution < -0.4 is 14.8 Å². The first kappa shape index (κ1) is 14.9. The van der Waals surface area contributed by atoms with E-state index in [2.05, 4.69) is 5.32 Å². The minimum Gasteiger partial charge on any atom is -0.486 e. The van der Waals surface area contributed by atoms with E-state index in [0.29, 0.717) is 18.1 Å². The van der Waals surface area contributed by atoms with E-state index in [9.17, 15) is 4.79 Å². The Morgan fingerprint density at radius 2 is 1.82 bits per heavy atom. The molecule has 0 fully saturated rings. The van der Waals surface area contributed by atoms with Gasteiger partial charge in [-0.1, -0.05) is 0 Å². The van der Waals surface area contributed by atoms with Gasteiger partial charge in [-0.25, -0.2) is 0 Å². The molecule has 1 N–H and O–H groups in total. The van der Waals surface area contributed by atoms with Crippen molar-refractivity contribution in [1.82, 2.24) is 5.32 Å². The third-order valence-electron chi connectivity index (χ3n) is 3.15. The van der Waals surface area contributed by atoms with Crippen LogP contribution in [0.3, 0.4) is 0 Å². The van der Waals surface area contributed by atoms with Gasteiger partial charge >= 0.3 is 0 Å². The second kappa shape index (κ2) is 5.65. The first-order chi connectivity index (χ1) is 10.4. The van der Waals surface area contributed by atoms with E-state index in [4.69, 9.17) is 9.47 Å². The predicted molar refractivity (Wildman–Crippen MR) is 88.0 cm³/mol. The molecule has 0 aliphatic carbocycles. The van der Waals surface area contributed by atoms with Gasteiger partial charge in [0.2, 0.25) is 0 Å². The van der Waals surface area contributed by atoms with Gasteiger partial charge in [-0.15, -0.1) is 11.3 Å². The zero-order chi connectivity index (χ0) is 15.7. The number of benzene rings is 1.